The number of carbonyl (C=O) groups is 1. The van der Waals surface area contributed by atoms with E-state index in [1.807, 2.05) is 14.1 Å². The van der Waals surface area contributed by atoms with Crippen LogP contribution >= 0.6 is 0 Å². The van der Waals surface area contributed by atoms with Crippen LogP contribution in [0, 0.1) is 0 Å². The van der Waals surface area contributed by atoms with Gasteiger partial charge in [0.15, 0.2) is 0 Å². The van der Waals surface area contributed by atoms with Gasteiger partial charge in [-0.15, -0.1) is 0 Å². The fourth-order valence-corrected chi connectivity index (χ4v) is 4.74. The van der Waals surface area contributed by atoms with Gasteiger partial charge in [0.25, 0.3) is 0 Å². The van der Waals surface area contributed by atoms with Gasteiger partial charge in [-0.2, -0.15) is 4.31 Å². The molecule has 1 aromatic heterocycles. The molecule has 2 aromatic rings. The van der Waals surface area contributed by atoms with Gasteiger partial charge in [-0.25, -0.2) is 18.4 Å². The molecule has 150 valence electrons. The van der Waals surface area contributed by atoms with Crippen molar-refractivity contribution in [1.29, 1.82) is 0 Å². The Balaban J connectivity index is 2.12. The van der Waals surface area contributed by atoms with Crippen LogP contribution in [0.4, 0.5) is 5.95 Å². The number of rotatable bonds is 6. The Morgan fingerprint density at radius 3 is 2.54 bits per heavy atom. The van der Waals surface area contributed by atoms with Crippen LogP contribution in [0.3, 0.4) is 0 Å². The van der Waals surface area contributed by atoms with E-state index in [4.69, 9.17) is 10.7 Å². The van der Waals surface area contributed by atoms with Crippen molar-refractivity contribution in [2.24, 2.45) is 5.73 Å². The molecule has 1 unspecified atom stereocenters. The summed E-state index contributed by atoms with van der Waals surface area (Å²) in [4.78, 5) is 22.2. The molecule has 1 saturated heterocycles. The zero-order chi connectivity index (χ0) is 20.5. The predicted molar refractivity (Wildman–Crippen MR) is 108 cm³/mol. The second-order valence-corrected chi connectivity index (χ2v) is 9.18. The van der Waals surface area contributed by atoms with E-state index in [9.17, 15) is 13.2 Å². The molecule has 0 aliphatic carbocycles. The number of primary amides is 1. The number of aromatic nitrogens is 2. The summed E-state index contributed by atoms with van der Waals surface area (Å²) < 4.78 is 26.7. The number of amides is 1. The zero-order valence-electron chi connectivity index (χ0n) is 16.3. The number of benzene rings is 1. The maximum Gasteiger partial charge on any atom is 0.248 e. The quantitative estimate of drug-likeness (QED) is 0.787. The first-order valence-electron chi connectivity index (χ1n) is 9.18. The standard InChI is InChI=1S/C19H25N5O3S/c1-4-28(26,27)24-11-5-6-16(24)17-15(12-21-19(22-17)23(2)3)13-7-9-14(10-8-13)18(20)25/h7-10,12,16H,4-6,11H2,1-3H3,(H2,20,25). The summed E-state index contributed by atoms with van der Waals surface area (Å²) in [5.41, 5.74) is 7.98. The van der Waals surface area contributed by atoms with Gasteiger partial charge in [-0.05, 0) is 37.5 Å². The summed E-state index contributed by atoms with van der Waals surface area (Å²) in [7, 11) is 0.339. The number of sulfonamides is 1. The summed E-state index contributed by atoms with van der Waals surface area (Å²) in [6, 6.07) is 6.53. The van der Waals surface area contributed by atoms with Crippen molar-refractivity contribution in [3.05, 3.63) is 41.7 Å². The molecular weight excluding hydrogens is 378 g/mol. The van der Waals surface area contributed by atoms with Crippen LogP contribution in [0.2, 0.25) is 0 Å². The lowest BCUT2D eigenvalue weighted by Crippen LogP contribution is -2.32. The zero-order valence-corrected chi connectivity index (χ0v) is 17.1. The molecular formula is C19H25N5O3S. The van der Waals surface area contributed by atoms with Crippen LogP contribution < -0.4 is 10.6 Å². The minimum atomic E-state index is -3.35. The van der Waals surface area contributed by atoms with E-state index in [1.165, 1.54) is 0 Å². The van der Waals surface area contributed by atoms with Crippen molar-refractivity contribution in [3.63, 3.8) is 0 Å². The van der Waals surface area contributed by atoms with Crippen molar-refractivity contribution in [3.8, 4) is 11.1 Å². The van der Waals surface area contributed by atoms with Crippen molar-refractivity contribution in [2.75, 3.05) is 31.3 Å². The van der Waals surface area contributed by atoms with Crippen LogP contribution in [0.1, 0.15) is 41.9 Å². The SMILES string of the molecule is CCS(=O)(=O)N1CCCC1c1nc(N(C)C)ncc1-c1ccc(C(N)=O)cc1. The highest BCUT2D eigenvalue weighted by molar-refractivity contribution is 7.89. The van der Waals surface area contributed by atoms with Crippen LogP contribution in [0.5, 0.6) is 0 Å². The molecule has 1 aromatic carbocycles. The Kier molecular flexibility index (Phi) is 5.66. The molecule has 0 bridgehead atoms. The second-order valence-electron chi connectivity index (χ2n) is 6.97. The van der Waals surface area contributed by atoms with Gasteiger partial charge >= 0.3 is 0 Å². The Morgan fingerprint density at radius 1 is 1.29 bits per heavy atom. The molecule has 2 N–H and O–H groups in total. The van der Waals surface area contributed by atoms with Gasteiger partial charge < -0.3 is 10.6 Å². The Bertz CT molecular complexity index is 974. The number of nitrogens with two attached hydrogens (primary N) is 1. The molecule has 0 spiro atoms. The highest BCUT2D eigenvalue weighted by Crippen LogP contribution is 2.38. The monoisotopic (exact) mass is 403 g/mol. The molecule has 9 heteroatoms. The minimum absolute atomic E-state index is 0.0533. The Hall–Kier alpha value is -2.52. The Labute approximate surface area is 165 Å². The fourth-order valence-electron chi connectivity index (χ4n) is 3.40. The van der Waals surface area contributed by atoms with Gasteiger partial charge in [0.1, 0.15) is 0 Å². The topological polar surface area (TPSA) is 109 Å². The third-order valence-electron chi connectivity index (χ3n) is 4.93. The van der Waals surface area contributed by atoms with E-state index in [0.29, 0.717) is 30.2 Å². The molecule has 1 atom stereocenters. The molecule has 1 fully saturated rings. The lowest BCUT2D eigenvalue weighted by atomic mass is 9.99. The number of nitrogens with zero attached hydrogens (tertiary/aromatic N) is 4. The molecule has 2 heterocycles. The predicted octanol–water partition coefficient (Wildman–Crippen LogP) is 1.80. The van der Waals surface area contributed by atoms with Crippen LogP contribution in [0.15, 0.2) is 30.5 Å². The van der Waals surface area contributed by atoms with Gasteiger partial charge in [-0.3, -0.25) is 4.79 Å². The number of anilines is 1. The Morgan fingerprint density at radius 2 is 1.96 bits per heavy atom. The second kappa shape index (κ2) is 7.84. The number of carbonyl (C=O) groups excluding carboxylic acids is 1. The molecule has 8 nitrogen and oxygen atoms in total. The van der Waals surface area contributed by atoms with E-state index in [1.54, 1.807) is 46.6 Å². The molecule has 1 aliphatic rings. The molecule has 0 saturated carbocycles. The lowest BCUT2D eigenvalue weighted by Gasteiger charge is -2.25. The van der Waals surface area contributed by atoms with Gasteiger partial charge in [0.2, 0.25) is 21.9 Å². The minimum Gasteiger partial charge on any atom is -0.366 e. The van der Waals surface area contributed by atoms with E-state index in [-0.39, 0.29) is 11.8 Å². The van der Waals surface area contributed by atoms with Crippen LogP contribution in [-0.4, -0.2) is 55.0 Å². The molecule has 1 aliphatic heterocycles. The van der Waals surface area contributed by atoms with E-state index in [2.05, 4.69) is 4.98 Å². The van der Waals surface area contributed by atoms with Crippen molar-refractivity contribution >= 4 is 21.9 Å². The summed E-state index contributed by atoms with van der Waals surface area (Å²) in [5.74, 6) is 0.0767. The van der Waals surface area contributed by atoms with E-state index in [0.717, 1.165) is 17.5 Å². The largest absolute Gasteiger partial charge is 0.366 e. The highest BCUT2D eigenvalue weighted by Gasteiger charge is 2.36. The molecule has 28 heavy (non-hydrogen) atoms. The molecule has 1 amide bonds. The van der Waals surface area contributed by atoms with Gasteiger partial charge in [0, 0.05) is 38.0 Å². The fraction of sp³-hybridized carbons (Fsp3) is 0.421. The van der Waals surface area contributed by atoms with Gasteiger partial charge in [0.05, 0.1) is 17.5 Å². The lowest BCUT2D eigenvalue weighted by molar-refractivity contribution is 0.100. The average Bonchev–Trinajstić information content (AvgIpc) is 3.18. The maximum absolute atomic E-state index is 12.6. The van der Waals surface area contributed by atoms with Crippen LogP contribution in [-0.2, 0) is 10.0 Å². The van der Waals surface area contributed by atoms with E-state index < -0.39 is 15.9 Å². The van der Waals surface area contributed by atoms with Crippen molar-refractivity contribution in [2.45, 2.75) is 25.8 Å². The summed E-state index contributed by atoms with van der Waals surface area (Å²) in [5, 5.41) is 0. The number of hydrogen-bond donors (Lipinski definition) is 1. The first-order valence-corrected chi connectivity index (χ1v) is 10.8. The van der Waals surface area contributed by atoms with E-state index >= 15 is 0 Å². The number of hydrogen-bond acceptors (Lipinski definition) is 6. The van der Waals surface area contributed by atoms with Crippen LogP contribution in [0.25, 0.3) is 11.1 Å². The summed E-state index contributed by atoms with van der Waals surface area (Å²) in [6.07, 6.45) is 3.20. The van der Waals surface area contributed by atoms with Crippen molar-refractivity contribution < 1.29 is 13.2 Å². The first kappa shape index (κ1) is 20.2. The molecule has 0 radical (unpaired) electrons. The average molecular weight is 404 g/mol. The maximum atomic E-state index is 12.6. The van der Waals surface area contributed by atoms with Gasteiger partial charge in [-0.1, -0.05) is 12.1 Å². The van der Waals surface area contributed by atoms with Crippen molar-refractivity contribution in [1.82, 2.24) is 14.3 Å². The molecule has 3 rings (SSSR count). The third-order valence-corrected chi connectivity index (χ3v) is 6.81. The highest BCUT2D eigenvalue weighted by atomic mass is 32.2. The normalized spacial score (nSPS) is 17.6. The first-order chi connectivity index (χ1) is 13.2. The summed E-state index contributed by atoms with van der Waals surface area (Å²) >= 11 is 0. The third kappa shape index (κ3) is 3.85. The smallest absolute Gasteiger partial charge is 0.248 e. The summed E-state index contributed by atoms with van der Waals surface area (Å²) in [6.45, 7) is 2.14.